The molecule has 2 aromatic carbocycles. The molecule has 0 spiro atoms. The van der Waals surface area contributed by atoms with Crippen molar-refractivity contribution in [3.63, 3.8) is 0 Å². The average Bonchev–Trinajstić information content (AvgIpc) is 2.62. The van der Waals surface area contributed by atoms with Crippen molar-refractivity contribution in [2.24, 2.45) is 0 Å². The first kappa shape index (κ1) is 19.8. The molecule has 140 valence electrons. The van der Waals surface area contributed by atoms with Crippen LogP contribution in [0.3, 0.4) is 0 Å². The number of ether oxygens (including phenoxy) is 3. The Hall–Kier alpha value is -2.47. The first-order valence-electron chi connectivity index (χ1n) is 8.13. The lowest BCUT2D eigenvalue weighted by molar-refractivity contribution is -0.0130. The molecule has 2 aromatic rings. The largest absolute Gasteiger partial charge is 0.488 e. The molecule has 0 bridgehead atoms. The quantitative estimate of drug-likeness (QED) is 0.518. The van der Waals surface area contributed by atoms with E-state index in [4.69, 9.17) is 14.2 Å². The third-order valence-corrected chi connectivity index (χ3v) is 4.25. The Kier molecular flexibility index (Phi) is 6.69. The number of hydrogen-bond acceptors (Lipinski definition) is 4. The Morgan fingerprint density at radius 3 is 2.27 bits per heavy atom. The van der Waals surface area contributed by atoms with Gasteiger partial charge in [0.25, 0.3) is 6.43 Å². The van der Waals surface area contributed by atoms with Crippen LogP contribution in [0.4, 0.5) is 8.78 Å². The van der Waals surface area contributed by atoms with Crippen molar-refractivity contribution >= 4 is 5.97 Å². The van der Waals surface area contributed by atoms with E-state index in [-0.39, 0.29) is 30.1 Å². The van der Waals surface area contributed by atoms with Gasteiger partial charge in [-0.25, -0.2) is 13.6 Å². The van der Waals surface area contributed by atoms with E-state index in [2.05, 4.69) is 0 Å². The van der Waals surface area contributed by atoms with Gasteiger partial charge in [0.15, 0.2) is 6.79 Å². The van der Waals surface area contributed by atoms with Crippen LogP contribution in [0.2, 0.25) is 0 Å². The topological polar surface area (TPSA) is 44.8 Å². The molecule has 0 fully saturated rings. The lowest BCUT2D eigenvalue weighted by Gasteiger charge is -2.21. The molecule has 0 amide bonds. The van der Waals surface area contributed by atoms with Gasteiger partial charge in [0.1, 0.15) is 12.4 Å². The summed E-state index contributed by atoms with van der Waals surface area (Å²) >= 11 is 0. The van der Waals surface area contributed by atoms with Crippen LogP contribution in [0.5, 0.6) is 5.75 Å². The van der Waals surface area contributed by atoms with Crippen LogP contribution < -0.4 is 4.74 Å². The monoisotopic (exact) mass is 364 g/mol. The van der Waals surface area contributed by atoms with Crippen molar-refractivity contribution in [2.75, 3.05) is 13.9 Å². The summed E-state index contributed by atoms with van der Waals surface area (Å²) in [6.45, 7) is 4.83. The van der Waals surface area contributed by atoms with Crippen molar-refractivity contribution in [1.82, 2.24) is 0 Å². The maximum atomic E-state index is 13.7. The van der Waals surface area contributed by atoms with Crippen molar-refractivity contribution in [2.45, 2.75) is 33.8 Å². The van der Waals surface area contributed by atoms with Crippen molar-refractivity contribution < 1.29 is 27.8 Å². The highest BCUT2D eigenvalue weighted by molar-refractivity contribution is 5.94. The van der Waals surface area contributed by atoms with Crippen LogP contribution in [0, 0.1) is 20.8 Å². The molecule has 0 aromatic heterocycles. The Balaban J connectivity index is 2.46. The van der Waals surface area contributed by atoms with E-state index >= 15 is 0 Å². The standard InChI is InChI=1S/C20H22F2O4/c1-12-13(2)18(25-10-15-8-6-5-7-9-15)14(3)16(19(21)22)17(12)20(23)26-11-24-4/h5-9,19H,10-11H2,1-4H3. The predicted molar refractivity (Wildman–Crippen MR) is 93.7 cm³/mol. The number of alkyl halides is 2. The maximum Gasteiger partial charge on any atom is 0.341 e. The molecule has 26 heavy (non-hydrogen) atoms. The molecule has 0 unspecified atom stereocenters. The number of halogens is 2. The molecule has 0 atom stereocenters. The highest BCUT2D eigenvalue weighted by atomic mass is 19.3. The normalized spacial score (nSPS) is 10.9. The lowest BCUT2D eigenvalue weighted by atomic mass is 9.92. The molecular formula is C20H22F2O4. The molecule has 0 saturated carbocycles. The summed E-state index contributed by atoms with van der Waals surface area (Å²) in [5, 5.41) is 0. The maximum absolute atomic E-state index is 13.7. The second-order valence-corrected chi connectivity index (χ2v) is 5.91. The fraction of sp³-hybridized carbons (Fsp3) is 0.350. The number of carbonyl (C=O) groups is 1. The molecule has 0 aliphatic carbocycles. The van der Waals surface area contributed by atoms with E-state index in [1.165, 1.54) is 14.0 Å². The first-order chi connectivity index (χ1) is 12.4. The Morgan fingerprint density at radius 2 is 1.69 bits per heavy atom. The summed E-state index contributed by atoms with van der Waals surface area (Å²) in [4.78, 5) is 12.3. The van der Waals surface area contributed by atoms with Crippen LogP contribution in [-0.4, -0.2) is 19.9 Å². The van der Waals surface area contributed by atoms with Crippen molar-refractivity contribution in [1.29, 1.82) is 0 Å². The van der Waals surface area contributed by atoms with Gasteiger partial charge in [0.2, 0.25) is 0 Å². The zero-order chi connectivity index (χ0) is 19.3. The van der Waals surface area contributed by atoms with E-state index in [1.807, 2.05) is 30.3 Å². The summed E-state index contributed by atoms with van der Waals surface area (Å²) in [6, 6.07) is 9.43. The van der Waals surface area contributed by atoms with E-state index in [9.17, 15) is 13.6 Å². The Labute approximate surface area is 151 Å². The average molecular weight is 364 g/mol. The van der Waals surface area contributed by atoms with Crippen molar-refractivity contribution in [3.8, 4) is 5.75 Å². The molecule has 0 radical (unpaired) electrons. The highest BCUT2D eigenvalue weighted by Gasteiger charge is 2.28. The lowest BCUT2D eigenvalue weighted by Crippen LogP contribution is -2.16. The van der Waals surface area contributed by atoms with Crippen LogP contribution in [-0.2, 0) is 16.1 Å². The second kappa shape index (κ2) is 8.76. The summed E-state index contributed by atoms with van der Waals surface area (Å²) in [5.41, 5.74) is 1.72. The van der Waals surface area contributed by atoms with Gasteiger partial charge in [-0.2, -0.15) is 0 Å². The predicted octanol–water partition coefficient (Wildman–Crippen LogP) is 4.89. The number of methoxy groups -OCH3 is 1. The van der Waals surface area contributed by atoms with Crippen LogP contribution in [0.15, 0.2) is 30.3 Å². The molecular weight excluding hydrogens is 342 g/mol. The molecule has 4 nitrogen and oxygen atoms in total. The van der Waals surface area contributed by atoms with Gasteiger partial charge >= 0.3 is 5.97 Å². The van der Waals surface area contributed by atoms with Gasteiger partial charge in [-0.1, -0.05) is 30.3 Å². The fourth-order valence-electron chi connectivity index (χ4n) is 2.82. The number of benzene rings is 2. The van der Waals surface area contributed by atoms with Gasteiger partial charge in [0, 0.05) is 18.2 Å². The number of hydrogen-bond donors (Lipinski definition) is 0. The summed E-state index contributed by atoms with van der Waals surface area (Å²) < 4.78 is 42.9. The minimum absolute atomic E-state index is 0.126. The minimum atomic E-state index is -2.83. The second-order valence-electron chi connectivity index (χ2n) is 5.91. The third kappa shape index (κ3) is 4.19. The highest BCUT2D eigenvalue weighted by Crippen LogP contribution is 2.38. The molecule has 0 heterocycles. The van der Waals surface area contributed by atoms with E-state index in [0.29, 0.717) is 16.9 Å². The number of carbonyl (C=O) groups excluding carboxylic acids is 1. The van der Waals surface area contributed by atoms with Crippen LogP contribution >= 0.6 is 0 Å². The first-order valence-corrected chi connectivity index (χ1v) is 8.13. The fourth-order valence-corrected chi connectivity index (χ4v) is 2.82. The smallest absolute Gasteiger partial charge is 0.341 e. The third-order valence-electron chi connectivity index (χ3n) is 4.25. The van der Waals surface area contributed by atoms with Gasteiger partial charge in [-0.05, 0) is 37.5 Å². The van der Waals surface area contributed by atoms with E-state index in [0.717, 1.165) is 5.56 Å². The molecule has 2 rings (SSSR count). The zero-order valence-corrected chi connectivity index (χ0v) is 15.3. The SMILES string of the molecule is COCOC(=O)c1c(C)c(C)c(OCc2ccccc2)c(C)c1C(F)F. The minimum Gasteiger partial charge on any atom is -0.488 e. The molecule has 0 saturated heterocycles. The molecule has 0 N–H and O–H groups in total. The van der Waals surface area contributed by atoms with E-state index in [1.54, 1.807) is 13.8 Å². The van der Waals surface area contributed by atoms with Crippen LogP contribution in [0.1, 0.15) is 44.6 Å². The van der Waals surface area contributed by atoms with Gasteiger partial charge in [0.05, 0.1) is 5.56 Å². The molecule has 0 aliphatic heterocycles. The number of esters is 1. The van der Waals surface area contributed by atoms with Gasteiger partial charge in [-0.15, -0.1) is 0 Å². The van der Waals surface area contributed by atoms with Gasteiger partial charge in [-0.3, -0.25) is 0 Å². The Morgan fingerprint density at radius 1 is 1.04 bits per heavy atom. The summed E-state index contributed by atoms with van der Waals surface area (Å²) in [6.07, 6.45) is -2.83. The van der Waals surface area contributed by atoms with E-state index < -0.39 is 12.4 Å². The zero-order valence-electron chi connectivity index (χ0n) is 15.3. The van der Waals surface area contributed by atoms with Gasteiger partial charge < -0.3 is 14.2 Å². The summed E-state index contributed by atoms with van der Waals surface area (Å²) in [7, 11) is 1.35. The van der Waals surface area contributed by atoms with Crippen molar-refractivity contribution in [3.05, 3.63) is 63.7 Å². The molecule has 6 heteroatoms. The summed E-state index contributed by atoms with van der Waals surface area (Å²) in [5.74, 6) is -0.467. The van der Waals surface area contributed by atoms with Crippen LogP contribution in [0.25, 0.3) is 0 Å². The molecule has 0 aliphatic rings. The Bertz CT molecular complexity index is 773. The number of rotatable bonds is 7.